The molecule has 0 radical (unpaired) electrons. The zero-order valence-electron chi connectivity index (χ0n) is 21.7. The zero-order valence-corrected chi connectivity index (χ0v) is 21.7. The summed E-state index contributed by atoms with van der Waals surface area (Å²) in [7, 11) is 0. The van der Waals surface area contributed by atoms with Crippen molar-refractivity contribution in [2.45, 2.75) is 38.5 Å². The molecule has 0 aliphatic heterocycles. The van der Waals surface area contributed by atoms with E-state index in [9.17, 15) is 14.7 Å². The van der Waals surface area contributed by atoms with Crippen LogP contribution in [0.1, 0.15) is 66.5 Å². The number of aromatic hydroxyl groups is 1. The summed E-state index contributed by atoms with van der Waals surface area (Å²) in [5.41, 5.74) is 4.03. The SMILES string of the molecule is C=Cc1ccc(-n2[nH]c(C=C)c(C=Nc3cccc(C4CCCC(C(=O)OCC)C4)c3O)c2=O)cc1C=C. The smallest absolute Gasteiger partial charge is 0.308 e. The van der Waals surface area contributed by atoms with Crippen LogP contribution in [0.25, 0.3) is 23.9 Å². The first kappa shape index (κ1) is 26.7. The van der Waals surface area contributed by atoms with Crippen LogP contribution in [0.15, 0.2) is 65.9 Å². The van der Waals surface area contributed by atoms with Crippen LogP contribution in [0.5, 0.6) is 5.75 Å². The molecule has 7 nitrogen and oxygen atoms in total. The van der Waals surface area contributed by atoms with Gasteiger partial charge in [0.25, 0.3) is 5.56 Å². The maximum Gasteiger partial charge on any atom is 0.308 e. The number of esters is 1. The van der Waals surface area contributed by atoms with Crippen molar-refractivity contribution in [2.75, 3.05) is 6.61 Å². The largest absolute Gasteiger partial charge is 0.505 e. The molecule has 2 unspecified atom stereocenters. The van der Waals surface area contributed by atoms with Crippen LogP contribution in [0.2, 0.25) is 0 Å². The highest BCUT2D eigenvalue weighted by Gasteiger charge is 2.30. The van der Waals surface area contributed by atoms with Gasteiger partial charge in [-0.2, -0.15) is 0 Å². The number of rotatable bonds is 9. The molecule has 38 heavy (non-hydrogen) atoms. The highest BCUT2D eigenvalue weighted by molar-refractivity contribution is 5.86. The second kappa shape index (κ2) is 11.8. The van der Waals surface area contributed by atoms with Crippen molar-refractivity contribution in [1.29, 1.82) is 0 Å². The number of phenols is 1. The van der Waals surface area contributed by atoms with E-state index in [-0.39, 0.29) is 29.1 Å². The molecule has 1 aromatic heterocycles. The monoisotopic (exact) mass is 511 g/mol. The minimum atomic E-state index is -0.301. The lowest BCUT2D eigenvalue weighted by Crippen LogP contribution is -2.24. The van der Waals surface area contributed by atoms with E-state index in [0.29, 0.717) is 35.7 Å². The predicted octanol–water partition coefficient (Wildman–Crippen LogP) is 6.39. The van der Waals surface area contributed by atoms with Gasteiger partial charge in [0.05, 0.1) is 29.5 Å². The fraction of sp³-hybridized carbons (Fsp3) is 0.258. The van der Waals surface area contributed by atoms with E-state index < -0.39 is 0 Å². The Labute approximate surface area is 222 Å². The number of H-pyrrole nitrogens is 1. The Bertz CT molecular complexity index is 1460. The maximum atomic E-state index is 13.3. The lowest BCUT2D eigenvalue weighted by atomic mass is 9.77. The average Bonchev–Trinajstić information content (AvgIpc) is 3.27. The Morgan fingerprint density at radius 1 is 1.16 bits per heavy atom. The number of aromatic nitrogens is 2. The first-order chi connectivity index (χ1) is 18.4. The topological polar surface area (TPSA) is 96.7 Å². The second-order valence-electron chi connectivity index (χ2n) is 9.29. The number of para-hydroxylation sites is 1. The molecule has 1 aliphatic carbocycles. The number of nitrogens with one attached hydrogen (secondary N) is 1. The molecule has 0 saturated heterocycles. The zero-order chi connectivity index (χ0) is 27.2. The summed E-state index contributed by atoms with van der Waals surface area (Å²) in [6.07, 6.45) is 9.62. The summed E-state index contributed by atoms with van der Waals surface area (Å²) < 4.78 is 6.64. The molecule has 0 amide bonds. The first-order valence-corrected chi connectivity index (χ1v) is 12.8. The van der Waals surface area contributed by atoms with Gasteiger partial charge in [0.15, 0.2) is 0 Å². The minimum absolute atomic E-state index is 0.0270. The van der Waals surface area contributed by atoms with Crippen LogP contribution in [-0.4, -0.2) is 33.7 Å². The number of nitrogens with zero attached hydrogens (tertiary/aromatic N) is 2. The van der Waals surface area contributed by atoms with Crippen LogP contribution in [0.3, 0.4) is 0 Å². The number of aliphatic imine (C=N–C) groups is 1. The van der Waals surface area contributed by atoms with E-state index in [2.05, 4.69) is 29.8 Å². The summed E-state index contributed by atoms with van der Waals surface area (Å²) in [4.78, 5) is 30.1. The standard InChI is InChI=1S/C31H33N3O4/c1-5-20-15-16-24(18-21(20)6-2)34-30(36)26(27(7-3)33-34)19-32-28-14-10-13-25(29(28)35)22-11-9-12-23(17-22)31(37)38-8-4/h5-7,10,13-16,18-19,22-23,33,35H,1-3,8-9,11-12,17H2,4H3. The molecule has 1 aliphatic rings. The Morgan fingerprint density at radius 3 is 2.66 bits per heavy atom. The Kier molecular flexibility index (Phi) is 8.26. The van der Waals surface area contributed by atoms with Crippen molar-refractivity contribution in [3.05, 3.63) is 94.4 Å². The summed E-state index contributed by atoms with van der Waals surface area (Å²) in [6, 6.07) is 10.9. The molecule has 7 heteroatoms. The normalized spacial score (nSPS) is 17.3. The number of ether oxygens (including phenoxy) is 1. The van der Waals surface area contributed by atoms with Gasteiger partial charge in [0.1, 0.15) is 11.4 Å². The fourth-order valence-electron chi connectivity index (χ4n) is 5.06. The summed E-state index contributed by atoms with van der Waals surface area (Å²) in [5, 5.41) is 14.1. The van der Waals surface area contributed by atoms with Gasteiger partial charge in [0, 0.05) is 6.21 Å². The number of phenolic OH excluding ortho intramolecular Hbond substituents is 1. The molecule has 4 rings (SSSR count). The number of hydrogen-bond donors (Lipinski definition) is 2. The molecular weight excluding hydrogens is 478 g/mol. The van der Waals surface area contributed by atoms with Gasteiger partial charge in [-0.05, 0) is 73.1 Å². The minimum Gasteiger partial charge on any atom is -0.505 e. The van der Waals surface area contributed by atoms with Gasteiger partial charge in [-0.15, -0.1) is 0 Å². The van der Waals surface area contributed by atoms with E-state index in [1.54, 1.807) is 31.2 Å². The third-order valence-corrected chi connectivity index (χ3v) is 7.04. The van der Waals surface area contributed by atoms with Crippen LogP contribution in [0.4, 0.5) is 5.69 Å². The number of benzene rings is 2. The van der Waals surface area contributed by atoms with E-state index in [1.807, 2.05) is 30.3 Å². The third-order valence-electron chi connectivity index (χ3n) is 7.04. The summed E-state index contributed by atoms with van der Waals surface area (Å²) in [6.45, 7) is 13.6. The Hall–Kier alpha value is -4.39. The molecule has 2 aromatic carbocycles. The van der Waals surface area contributed by atoms with Crippen LogP contribution in [-0.2, 0) is 9.53 Å². The van der Waals surface area contributed by atoms with Gasteiger partial charge in [-0.3, -0.25) is 19.7 Å². The Morgan fingerprint density at radius 2 is 1.95 bits per heavy atom. The van der Waals surface area contributed by atoms with Crippen molar-refractivity contribution < 1.29 is 14.6 Å². The van der Waals surface area contributed by atoms with Crippen molar-refractivity contribution in [3.8, 4) is 11.4 Å². The van der Waals surface area contributed by atoms with Crippen LogP contribution < -0.4 is 5.56 Å². The molecule has 3 aromatic rings. The quantitative estimate of drug-likeness (QED) is 0.257. The highest BCUT2D eigenvalue weighted by atomic mass is 16.5. The van der Waals surface area contributed by atoms with Crippen LogP contribution in [0, 0.1) is 5.92 Å². The third kappa shape index (κ3) is 5.32. The molecule has 0 bridgehead atoms. The first-order valence-electron chi connectivity index (χ1n) is 12.8. The molecule has 1 heterocycles. The van der Waals surface area contributed by atoms with Crippen molar-refractivity contribution in [2.24, 2.45) is 10.9 Å². The van der Waals surface area contributed by atoms with E-state index in [1.165, 1.54) is 10.9 Å². The molecular formula is C31H33N3O4. The lowest BCUT2D eigenvalue weighted by Gasteiger charge is -2.28. The van der Waals surface area contributed by atoms with Crippen molar-refractivity contribution in [3.63, 3.8) is 0 Å². The number of aromatic amines is 1. The number of carbonyl (C=O) groups is 1. The number of hydrogen-bond acceptors (Lipinski definition) is 5. The number of carbonyl (C=O) groups excluding carboxylic acids is 1. The van der Waals surface area contributed by atoms with Crippen LogP contribution >= 0.6 is 0 Å². The summed E-state index contributed by atoms with van der Waals surface area (Å²) >= 11 is 0. The molecule has 1 fully saturated rings. The van der Waals surface area contributed by atoms with Crippen molar-refractivity contribution >= 4 is 36.1 Å². The molecule has 1 saturated carbocycles. The maximum absolute atomic E-state index is 13.3. The second-order valence-corrected chi connectivity index (χ2v) is 9.29. The van der Waals surface area contributed by atoms with E-state index >= 15 is 0 Å². The molecule has 0 spiro atoms. The molecule has 196 valence electrons. The molecule has 2 atom stereocenters. The van der Waals surface area contributed by atoms with Gasteiger partial charge in [0.2, 0.25) is 0 Å². The van der Waals surface area contributed by atoms with Crippen molar-refractivity contribution in [1.82, 2.24) is 9.78 Å². The summed E-state index contributed by atoms with van der Waals surface area (Å²) in [5.74, 6) is -0.259. The average molecular weight is 512 g/mol. The highest BCUT2D eigenvalue weighted by Crippen LogP contribution is 2.43. The Balaban J connectivity index is 1.64. The van der Waals surface area contributed by atoms with Gasteiger partial charge in [-0.25, -0.2) is 4.68 Å². The van der Waals surface area contributed by atoms with E-state index in [0.717, 1.165) is 36.0 Å². The van der Waals surface area contributed by atoms with Gasteiger partial charge >= 0.3 is 5.97 Å². The fourth-order valence-corrected chi connectivity index (χ4v) is 5.06. The van der Waals surface area contributed by atoms with E-state index in [4.69, 9.17) is 4.74 Å². The predicted molar refractivity (Wildman–Crippen MR) is 153 cm³/mol. The van der Waals surface area contributed by atoms with Gasteiger partial charge < -0.3 is 9.84 Å². The molecule has 2 N–H and O–H groups in total. The van der Waals surface area contributed by atoms with Gasteiger partial charge in [-0.1, -0.05) is 56.5 Å². The lowest BCUT2D eigenvalue weighted by molar-refractivity contribution is -0.149.